The number of aromatic hydroxyl groups is 1. The minimum Gasteiger partial charge on any atom is -0.507 e. The molecule has 0 saturated carbocycles. The Morgan fingerprint density at radius 3 is 2.78 bits per heavy atom. The van der Waals surface area contributed by atoms with Crippen molar-refractivity contribution in [1.29, 1.82) is 0 Å². The van der Waals surface area contributed by atoms with Gasteiger partial charge in [0.1, 0.15) is 5.75 Å². The van der Waals surface area contributed by atoms with Crippen LogP contribution < -0.4 is 0 Å². The van der Waals surface area contributed by atoms with Gasteiger partial charge in [0.05, 0.1) is 5.52 Å². The van der Waals surface area contributed by atoms with Crippen LogP contribution >= 0.6 is 0 Å². The number of hydrogen-bond donors (Lipinski definition) is 1. The molecule has 0 radical (unpaired) electrons. The number of benzene rings is 1. The molecule has 98 valence electrons. The lowest BCUT2D eigenvalue weighted by Crippen LogP contribution is -2.21. The summed E-state index contributed by atoms with van der Waals surface area (Å²) in [6.45, 7) is 4.35. The third-order valence-corrected chi connectivity index (χ3v) is 3.44. The maximum absolute atomic E-state index is 10.0. The van der Waals surface area contributed by atoms with Crippen LogP contribution in [-0.4, -0.2) is 34.7 Å². The van der Waals surface area contributed by atoms with E-state index in [1.807, 2.05) is 19.2 Å². The first-order valence-corrected chi connectivity index (χ1v) is 6.58. The number of phenolic OH excluding ortho intramolecular Hbond substituents is 1. The molecule has 2 aromatic rings. The van der Waals surface area contributed by atoms with Gasteiger partial charge in [0.15, 0.2) is 0 Å². The number of aryl methyl sites for hydroxylation is 1. The Morgan fingerprint density at radius 2 is 2.06 bits per heavy atom. The fraction of sp³-hybridized carbons (Fsp3) is 0.467. The summed E-state index contributed by atoms with van der Waals surface area (Å²) in [4.78, 5) is 2.33. The number of likely N-dealkylation sites (N-methyl/N-ethyl adjacent to an activating group) is 1. The first-order chi connectivity index (χ1) is 8.63. The maximum atomic E-state index is 10.0. The SMILES string of the molecule is CCCN(C)CCc1cn(C)c2cccc(O)c12. The predicted octanol–water partition coefficient (Wildman–Crippen LogP) is 2.77. The molecule has 0 bridgehead atoms. The molecular weight excluding hydrogens is 224 g/mol. The molecule has 0 aliphatic rings. The van der Waals surface area contributed by atoms with Crippen molar-refractivity contribution in [3.63, 3.8) is 0 Å². The molecule has 0 spiro atoms. The highest BCUT2D eigenvalue weighted by Crippen LogP contribution is 2.29. The summed E-state index contributed by atoms with van der Waals surface area (Å²) in [5.74, 6) is 0.390. The van der Waals surface area contributed by atoms with Crippen molar-refractivity contribution in [3.8, 4) is 5.75 Å². The quantitative estimate of drug-likeness (QED) is 0.878. The molecule has 3 heteroatoms. The lowest BCUT2D eigenvalue weighted by Gasteiger charge is -2.14. The van der Waals surface area contributed by atoms with E-state index in [4.69, 9.17) is 0 Å². The van der Waals surface area contributed by atoms with E-state index in [1.165, 1.54) is 12.0 Å². The third-order valence-electron chi connectivity index (χ3n) is 3.44. The molecule has 0 aliphatic heterocycles. The van der Waals surface area contributed by atoms with Crippen LogP contribution in [-0.2, 0) is 13.5 Å². The average Bonchev–Trinajstić information content (AvgIpc) is 2.66. The van der Waals surface area contributed by atoms with Gasteiger partial charge in [-0.2, -0.15) is 0 Å². The van der Waals surface area contributed by atoms with E-state index < -0.39 is 0 Å². The Labute approximate surface area is 109 Å². The van der Waals surface area contributed by atoms with Gasteiger partial charge in [-0.05, 0) is 44.1 Å². The Hall–Kier alpha value is -1.48. The van der Waals surface area contributed by atoms with Crippen molar-refractivity contribution in [2.24, 2.45) is 7.05 Å². The molecule has 1 aromatic heterocycles. The predicted molar refractivity (Wildman–Crippen MR) is 76.1 cm³/mol. The van der Waals surface area contributed by atoms with Crippen molar-refractivity contribution >= 4 is 10.9 Å². The summed E-state index contributed by atoms with van der Waals surface area (Å²) in [7, 11) is 4.18. The Balaban J connectivity index is 2.23. The van der Waals surface area contributed by atoms with Crippen LogP contribution in [0.2, 0.25) is 0 Å². The van der Waals surface area contributed by atoms with Gasteiger partial charge in [-0.25, -0.2) is 0 Å². The molecule has 1 aromatic carbocycles. The molecule has 0 atom stereocenters. The van der Waals surface area contributed by atoms with E-state index in [0.29, 0.717) is 5.75 Å². The Kier molecular flexibility index (Phi) is 3.92. The number of rotatable bonds is 5. The summed E-state index contributed by atoms with van der Waals surface area (Å²) in [5, 5.41) is 11.0. The second kappa shape index (κ2) is 5.44. The summed E-state index contributed by atoms with van der Waals surface area (Å²) in [5.41, 5.74) is 2.33. The summed E-state index contributed by atoms with van der Waals surface area (Å²) in [6.07, 6.45) is 4.28. The lowest BCUT2D eigenvalue weighted by molar-refractivity contribution is 0.339. The zero-order valence-electron chi connectivity index (χ0n) is 11.5. The van der Waals surface area contributed by atoms with E-state index >= 15 is 0 Å². The van der Waals surface area contributed by atoms with E-state index in [2.05, 4.69) is 29.6 Å². The maximum Gasteiger partial charge on any atom is 0.125 e. The largest absolute Gasteiger partial charge is 0.507 e. The number of nitrogens with zero attached hydrogens (tertiary/aromatic N) is 2. The first-order valence-electron chi connectivity index (χ1n) is 6.58. The fourth-order valence-electron chi connectivity index (χ4n) is 2.51. The van der Waals surface area contributed by atoms with Gasteiger partial charge in [0.2, 0.25) is 0 Å². The lowest BCUT2D eigenvalue weighted by atomic mass is 10.1. The number of hydrogen-bond acceptors (Lipinski definition) is 2. The second-order valence-corrected chi connectivity index (χ2v) is 4.99. The number of aromatic nitrogens is 1. The highest BCUT2D eigenvalue weighted by Gasteiger charge is 2.10. The zero-order chi connectivity index (χ0) is 13.1. The van der Waals surface area contributed by atoms with Gasteiger partial charge in [0, 0.05) is 25.2 Å². The van der Waals surface area contributed by atoms with E-state index in [0.717, 1.165) is 30.4 Å². The van der Waals surface area contributed by atoms with Gasteiger partial charge < -0.3 is 14.6 Å². The molecule has 0 unspecified atom stereocenters. The summed E-state index contributed by atoms with van der Waals surface area (Å²) >= 11 is 0. The van der Waals surface area contributed by atoms with Gasteiger partial charge in [0.25, 0.3) is 0 Å². The number of fused-ring (bicyclic) bond motifs is 1. The van der Waals surface area contributed by atoms with Crippen LogP contribution in [0.3, 0.4) is 0 Å². The highest BCUT2D eigenvalue weighted by atomic mass is 16.3. The standard InChI is InChI=1S/C15H22N2O/c1-4-9-16(2)10-8-12-11-17(3)13-6-5-7-14(18)15(12)13/h5-7,11,18H,4,8-10H2,1-3H3. The smallest absolute Gasteiger partial charge is 0.125 e. The minimum atomic E-state index is 0.390. The zero-order valence-corrected chi connectivity index (χ0v) is 11.5. The van der Waals surface area contributed by atoms with Crippen LogP contribution in [0.5, 0.6) is 5.75 Å². The topological polar surface area (TPSA) is 28.4 Å². The third kappa shape index (κ3) is 2.51. The molecule has 2 rings (SSSR count). The van der Waals surface area contributed by atoms with Crippen LogP contribution in [0.15, 0.2) is 24.4 Å². The van der Waals surface area contributed by atoms with E-state index in [-0.39, 0.29) is 0 Å². The average molecular weight is 246 g/mol. The Bertz CT molecular complexity index is 531. The minimum absolute atomic E-state index is 0.390. The highest BCUT2D eigenvalue weighted by molar-refractivity contribution is 5.89. The van der Waals surface area contributed by atoms with Crippen molar-refractivity contribution in [2.45, 2.75) is 19.8 Å². The van der Waals surface area contributed by atoms with E-state index in [9.17, 15) is 5.11 Å². The van der Waals surface area contributed by atoms with Crippen molar-refractivity contribution in [2.75, 3.05) is 20.1 Å². The molecule has 1 N–H and O–H groups in total. The van der Waals surface area contributed by atoms with Gasteiger partial charge >= 0.3 is 0 Å². The molecule has 0 amide bonds. The molecule has 18 heavy (non-hydrogen) atoms. The molecule has 0 aliphatic carbocycles. The fourth-order valence-corrected chi connectivity index (χ4v) is 2.51. The molecule has 3 nitrogen and oxygen atoms in total. The monoisotopic (exact) mass is 246 g/mol. The summed E-state index contributed by atoms with van der Waals surface area (Å²) in [6, 6.07) is 5.71. The van der Waals surface area contributed by atoms with Crippen LogP contribution in [0.4, 0.5) is 0 Å². The van der Waals surface area contributed by atoms with Crippen LogP contribution in [0, 0.1) is 0 Å². The van der Waals surface area contributed by atoms with Gasteiger partial charge in [-0.3, -0.25) is 0 Å². The van der Waals surface area contributed by atoms with Gasteiger partial charge in [-0.15, -0.1) is 0 Å². The van der Waals surface area contributed by atoms with Crippen molar-refractivity contribution in [3.05, 3.63) is 30.0 Å². The van der Waals surface area contributed by atoms with Crippen LogP contribution in [0.25, 0.3) is 10.9 Å². The first kappa shape index (κ1) is 13.0. The molecular formula is C15H22N2O. The molecule has 1 heterocycles. The van der Waals surface area contributed by atoms with Crippen LogP contribution in [0.1, 0.15) is 18.9 Å². The molecule has 0 fully saturated rings. The van der Waals surface area contributed by atoms with Crippen molar-refractivity contribution < 1.29 is 5.11 Å². The second-order valence-electron chi connectivity index (χ2n) is 4.99. The normalized spacial score (nSPS) is 11.6. The summed E-state index contributed by atoms with van der Waals surface area (Å²) < 4.78 is 2.09. The number of phenols is 1. The van der Waals surface area contributed by atoms with Gasteiger partial charge in [-0.1, -0.05) is 13.0 Å². The van der Waals surface area contributed by atoms with E-state index in [1.54, 1.807) is 6.07 Å². The molecule has 0 saturated heterocycles. The van der Waals surface area contributed by atoms with Crippen molar-refractivity contribution in [1.82, 2.24) is 9.47 Å². The Morgan fingerprint density at radius 1 is 1.28 bits per heavy atom.